The Balaban J connectivity index is 1.73. The summed E-state index contributed by atoms with van der Waals surface area (Å²) in [5.74, 6) is 1.87. The van der Waals surface area contributed by atoms with E-state index in [1.165, 1.54) is 4.88 Å². The molecule has 1 aromatic heterocycles. The number of carbonyl (C=O) groups excluding carboxylic acids is 1. The maximum atomic E-state index is 13.5. The number of hydrogen-bond donors (Lipinski definition) is 1. The molecule has 1 heterocycles. The first kappa shape index (κ1) is 25.5. The van der Waals surface area contributed by atoms with Gasteiger partial charge in [0.1, 0.15) is 16.5 Å². The van der Waals surface area contributed by atoms with Gasteiger partial charge in [-0.25, -0.2) is 4.99 Å². The van der Waals surface area contributed by atoms with Crippen LogP contribution in [0.5, 0.6) is 11.5 Å². The minimum atomic E-state index is -0.121. The number of nitrogens with one attached hydrogen (secondary N) is 1. The van der Waals surface area contributed by atoms with E-state index in [0.29, 0.717) is 17.2 Å². The minimum Gasteiger partial charge on any atom is -0.497 e. The van der Waals surface area contributed by atoms with Gasteiger partial charge < -0.3 is 14.8 Å². The fraction of sp³-hybridized carbons (Fsp3) is 0.357. The fourth-order valence-electron chi connectivity index (χ4n) is 4.43. The van der Waals surface area contributed by atoms with Crippen molar-refractivity contribution in [3.63, 3.8) is 0 Å². The van der Waals surface area contributed by atoms with Crippen molar-refractivity contribution >= 4 is 50.1 Å². The summed E-state index contributed by atoms with van der Waals surface area (Å²) in [6.45, 7) is 6.89. The third kappa shape index (κ3) is 5.78. The van der Waals surface area contributed by atoms with Gasteiger partial charge in [0.15, 0.2) is 0 Å². The molecule has 3 aromatic rings. The Morgan fingerprint density at radius 1 is 1.14 bits per heavy atom. The van der Waals surface area contributed by atoms with Crippen molar-refractivity contribution < 1.29 is 14.3 Å². The van der Waals surface area contributed by atoms with Crippen LogP contribution in [0.25, 0.3) is 0 Å². The normalized spacial score (nSPS) is 15.7. The number of thiophene rings is 1. The highest BCUT2D eigenvalue weighted by Crippen LogP contribution is 2.45. The number of halogens is 1. The summed E-state index contributed by atoms with van der Waals surface area (Å²) < 4.78 is 11.8. The second-order valence-corrected chi connectivity index (χ2v) is 11.8. The number of amides is 1. The number of methoxy groups -OCH3 is 2. The Kier molecular flexibility index (Phi) is 7.67. The lowest BCUT2D eigenvalue weighted by atomic mass is 9.72. The van der Waals surface area contributed by atoms with Crippen molar-refractivity contribution in [2.24, 2.45) is 16.3 Å². The molecule has 0 saturated carbocycles. The molecule has 0 aliphatic heterocycles. The molecule has 1 N–H and O–H groups in total. The molecule has 4 rings (SSSR count). The predicted octanol–water partition coefficient (Wildman–Crippen LogP) is 7.68. The van der Waals surface area contributed by atoms with Crippen LogP contribution in [0.1, 0.15) is 53.6 Å². The average Bonchev–Trinajstić information content (AvgIpc) is 3.21. The molecule has 1 aliphatic rings. The van der Waals surface area contributed by atoms with Crippen LogP contribution in [0.3, 0.4) is 0 Å². The number of ether oxygens (including phenoxy) is 2. The minimum absolute atomic E-state index is 0.121. The lowest BCUT2D eigenvalue weighted by molar-refractivity contribution is 0.102. The third-order valence-electron chi connectivity index (χ3n) is 6.56. The van der Waals surface area contributed by atoms with Gasteiger partial charge in [0.05, 0.1) is 19.8 Å². The van der Waals surface area contributed by atoms with E-state index in [1.54, 1.807) is 31.8 Å². The molecular formula is C28H31BrN2O3S. The van der Waals surface area contributed by atoms with Crippen molar-refractivity contribution in [3.05, 3.63) is 68.5 Å². The first-order valence-electron chi connectivity index (χ1n) is 11.7. The Labute approximate surface area is 219 Å². The molecule has 1 atom stereocenters. The zero-order valence-corrected chi connectivity index (χ0v) is 23.2. The number of rotatable bonds is 6. The summed E-state index contributed by atoms with van der Waals surface area (Å²) in [6, 6.07) is 13.2. The summed E-state index contributed by atoms with van der Waals surface area (Å²) in [5, 5.41) is 3.80. The molecule has 0 radical (unpaired) electrons. The van der Waals surface area contributed by atoms with Gasteiger partial charge in [-0.15, -0.1) is 11.3 Å². The van der Waals surface area contributed by atoms with E-state index in [2.05, 4.69) is 42.0 Å². The van der Waals surface area contributed by atoms with Crippen LogP contribution in [0.4, 0.5) is 10.7 Å². The molecule has 1 amide bonds. The number of hydrogen-bond acceptors (Lipinski definition) is 5. The van der Waals surface area contributed by atoms with Crippen LogP contribution in [0.15, 0.2) is 51.9 Å². The Bertz CT molecular complexity index is 1240. The van der Waals surface area contributed by atoms with E-state index >= 15 is 0 Å². The van der Waals surface area contributed by atoms with E-state index in [0.717, 1.165) is 51.3 Å². The molecule has 35 heavy (non-hydrogen) atoms. The molecule has 2 aromatic carbocycles. The highest BCUT2D eigenvalue weighted by atomic mass is 79.9. The number of anilines is 1. The van der Waals surface area contributed by atoms with Gasteiger partial charge >= 0.3 is 0 Å². The molecule has 0 fully saturated rings. The number of fused-ring (bicyclic) bond motifs is 1. The quantitative estimate of drug-likeness (QED) is 0.318. The molecule has 0 spiro atoms. The van der Waals surface area contributed by atoms with E-state index in [-0.39, 0.29) is 11.3 Å². The topological polar surface area (TPSA) is 59.9 Å². The molecule has 5 nitrogen and oxygen atoms in total. The average molecular weight is 556 g/mol. The van der Waals surface area contributed by atoms with Crippen LogP contribution in [0, 0.1) is 11.3 Å². The van der Waals surface area contributed by atoms with Gasteiger partial charge in [-0.1, -0.05) is 36.7 Å². The van der Waals surface area contributed by atoms with Crippen molar-refractivity contribution in [3.8, 4) is 11.5 Å². The molecule has 7 heteroatoms. The molecule has 1 aliphatic carbocycles. The second-order valence-electron chi connectivity index (χ2n) is 9.82. The van der Waals surface area contributed by atoms with Crippen LogP contribution in [-0.4, -0.2) is 26.3 Å². The van der Waals surface area contributed by atoms with Gasteiger partial charge in [-0.3, -0.25) is 4.79 Å². The lowest BCUT2D eigenvalue weighted by Gasteiger charge is -2.33. The number of aliphatic imine (C=N–C) groups is 1. The predicted molar refractivity (Wildman–Crippen MR) is 148 cm³/mol. The maximum Gasteiger partial charge on any atom is 0.259 e. The monoisotopic (exact) mass is 554 g/mol. The van der Waals surface area contributed by atoms with E-state index in [4.69, 9.17) is 14.5 Å². The van der Waals surface area contributed by atoms with Crippen molar-refractivity contribution in [1.82, 2.24) is 0 Å². The first-order valence-corrected chi connectivity index (χ1v) is 13.3. The number of carbonyl (C=O) groups is 1. The second kappa shape index (κ2) is 10.5. The molecular weight excluding hydrogens is 524 g/mol. The third-order valence-corrected chi connectivity index (χ3v) is 8.25. The van der Waals surface area contributed by atoms with Gasteiger partial charge in [0.25, 0.3) is 5.91 Å². The Morgan fingerprint density at radius 2 is 1.89 bits per heavy atom. The van der Waals surface area contributed by atoms with E-state index in [9.17, 15) is 4.79 Å². The maximum absolute atomic E-state index is 13.5. The Morgan fingerprint density at radius 3 is 2.54 bits per heavy atom. The SMILES string of the molecule is COc1ccc(OC)c(C=Nc2sc3c(c2C(=O)Nc2ccc(Br)cc2)CC[C@H](C(C)(C)C)C3)c1. The molecule has 0 saturated heterocycles. The smallest absolute Gasteiger partial charge is 0.259 e. The lowest BCUT2D eigenvalue weighted by Crippen LogP contribution is -2.27. The summed E-state index contributed by atoms with van der Waals surface area (Å²) in [7, 11) is 3.26. The molecule has 0 unspecified atom stereocenters. The summed E-state index contributed by atoms with van der Waals surface area (Å²) in [5.41, 5.74) is 3.59. The molecule has 184 valence electrons. The summed E-state index contributed by atoms with van der Waals surface area (Å²) >= 11 is 5.08. The van der Waals surface area contributed by atoms with Crippen LogP contribution in [-0.2, 0) is 12.8 Å². The van der Waals surface area contributed by atoms with Crippen molar-refractivity contribution in [2.45, 2.75) is 40.0 Å². The zero-order valence-electron chi connectivity index (χ0n) is 20.8. The van der Waals surface area contributed by atoms with Crippen molar-refractivity contribution in [1.29, 1.82) is 0 Å². The van der Waals surface area contributed by atoms with Gasteiger partial charge in [0.2, 0.25) is 0 Å². The van der Waals surface area contributed by atoms with Gasteiger partial charge in [0, 0.05) is 26.8 Å². The zero-order chi connectivity index (χ0) is 25.2. The number of benzene rings is 2. The highest BCUT2D eigenvalue weighted by Gasteiger charge is 2.33. The fourth-order valence-corrected chi connectivity index (χ4v) is 5.96. The standard InChI is InChI=1S/C28H31BrN2O3S/c1-28(2,3)18-6-12-22-24(15-18)35-27(25(22)26(32)31-20-9-7-19(29)8-10-20)30-16-17-14-21(33-4)11-13-23(17)34-5/h7-11,13-14,16,18H,6,12,15H2,1-5H3,(H,31,32)/t18-/m0/s1. The van der Waals surface area contributed by atoms with E-state index in [1.807, 2.05) is 42.5 Å². The van der Waals surface area contributed by atoms with Crippen LogP contribution < -0.4 is 14.8 Å². The van der Waals surface area contributed by atoms with Gasteiger partial charge in [-0.2, -0.15) is 0 Å². The summed E-state index contributed by atoms with van der Waals surface area (Å²) in [4.78, 5) is 19.6. The van der Waals surface area contributed by atoms with Crippen LogP contribution >= 0.6 is 27.3 Å². The number of nitrogens with zero attached hydrogens (tertiary/aromatic N) is 1. The largest absolute Gasteiger partial charge is 0.497 e. The summed E-state index contributed by atoms with van der Waals surface area (Å²) in [6.07, 6.45) is 4.68. The van der Waals surface area contributed by atoms with Gasteiger partial charge in [-0.05, 0) is 78.6 Å². The van der Waals surface area contributed by atoms with Crippen LogP contribution in [0.2, 0.25) is 0 Å². The van der Waals surface area contributed by atoms with Crippen molar-refractivity contribution in [2.75, 3.05) is 19.5 Å². The Hall–Kier alpha value is -2.64. The highest BCUT2D eigenvalue weighted by molar-refractivity contribution is 9.10. The molecule has 0 bridgehead atoms. The first-order chi connectivity index (χ1) is 16.7. The van der Waals surface area contributed by atoms with E-state index < -0.39 is 0 Å².